The standard InChI is InChI=1S/C14H19NO4/c1-14(2,3)15(9-8-12(17)18)13(19)10-6-4-5-7-11(10)16/h4-7,16H,8-9H2,1-3H3,(H,17,18). The van der Waals surface area contributed by atoms with Gasteiger partial charge in [0.2, 0.25) is 0 Å². The van der Waals surface area contributed by atoms with E-state index in [2.05, 4.69) is 0 Å². The fourth-order valence-corrected chi connectivity index (χ4v) is 1.75. The van der Waals surface area contributed by atoms with Gasteiger partial charge in [0.15, 0.2) is 0 Å². The van der Waals surface area contributed by atoms with Crippen molar-refractivity contribution in [1.29, 1.82) is 0 Å². The molecule has 0 fully saturated rings. The van der Waals surface area contributed by atoms with Crippen molar-refractivity contribution >= 4 is 11.9 Å². The summed E-state index contributed by atoms with van der Waals surface area (Å²) >= 11 is 0. The fourth-order valence-electron chi connectivity index (χ4n) is 1.75. The summed E-state index contributed by atoms with van der Waals surface area (Å²) in [6.07, 6.45) is -0.128. The van der Waals surface area contributed by atoms with Gasteiger partial charge in [-0.15, -0.1) is 0 Å². The lowest BCUT2D eigenvalue weighted by Crippen LogP contribution is -2.46. The van der Waals surface area contributed by atoms with Crippen molar-refractivity contribution in [1.82, 2.24) is 4.90 Å². The third kappa shape index (κ3) is 3.98. The van der Waals surface area contributed by atoms with Crippen LogP contribution in [0.5, 0.6) is 5.75 Å². The maximum absolute atomic E-state index is 12.4. The lowest BCUT2D eigenvalue weighted by atomic mass is 10.0. The molecule has 0 radical (unpaired) electrons. The molecule has 0 atom stereocenters. The summed E-state index contributed by atoms with van der Waals surface area (Å²) in [5, 5.41) is 18.5. The molecule has 104 valence electrons. The van der Waals surface area contributed by atoms with Gasteiger partial charge in [-0.25, -0.2) is 0 Å². The van der Waals surface area contributed by atoms with Crippen LogP contribution >= 0.6 is 0 Å². The third-order valence-corrected chi connectivity index (χ3v) is 2.74. The lowest BCUT2D eigenvalue weighted by molar-refractivity contribution is -0.137. The number of carbonyl (C=O) groups excluding carboxylic acids is 1. The Labute approximate surface area is 112 Å². The average Bonchev–Trinajstić information content (AvgIpc) is 2.27. The number of carbonyl (C=O) groups is 2. The van der Waals surface area contributed by atoms with Gasteiger partial charge < -0.3 is 15.1 Å². The van der Waals surface area contributed by atoms with Gasteiger partial charge in [-0.2, -0.15) is 0 Å². The molecule has 0 aliphatic heterocycles. The molecule has 0 unspecified atom stereocenters. The molecular formula is C14H19NO4. The van der Waals surface area contributed by atoms with Crippen molar-refractivity contribution in [3.8, 4) is 5.75 Å². The Kier molecular flexibility index (Phi) is 4.53. The van der Waals surface area contributed by atoms with Gasteiger partial charge in [-0.05, 0) is 32.9 Å². The zero-order chi connectivity index (χ0) is 14.6. The molecule has 0 aliphatic rings. The Morgan fingerprint density at radius 3 is 2.26 bits per heavy atom. The molecule has 1 amide bonds. The van der Waals surface area contributed by atoms with Crippen LogP contribution < -0.4 is 0 Å². The number of benzene rings is 1. The molecule has 1 rings (SSSR count). The zero-order valence-corrected chi connectivity index (χ0v) is 11.4. The van der Waals surface area contributed by atoms with Crippen LogP contribution in [-0.2, 0) is 4.79 Å². The lowest BCUT2D eigenvalue weighted by Gasteiger charge is -2.35. The summed E-state index contributed by atoms with van der Waals surface area (Å²) in [5.74, 6) is -1.43. The van der Waals surface area contributed by atoms with Crippen molar-refractivity contribution in [3.05, 3.63) is 29.8 Å². The van der Waals surface area contributed by atoms with E-state index in [1.165, 1.54) is 17.0 Å². The number of nitrogens with zero attached hydrogens (tertiary/aromatic N) is 1. The summed E-state index contributed by atoms with van der Waals surface area (Å²) in [6, 6.07) is 6.25. The molecule has 0 aromatic heterocycles. The molecule has 0 saturated carbocycles. The van der Waals surface area contributed by atoms with E-state index < -0.39 is 11.5 Å². The summed E-state index contributed by atoms with van der Waals surface area (Å²) < 4.78 is 0. The first-order chi connectivity index (χ1) is 8.73. The highest BCUT2D eigenvalue weighted by Gasteiger charge is 2.28. The van der Waals surface area contributed by atoms with E-state index in [-0.39, 0.29) is 30.2 Å². The van der Waals surface area contributed by atoms with E-state index in [0.29, 0.717) is 0 Å². The number of rotatable bonds is 4. The SMILES string of the molecule is CC(C)(C)N(CCC(=O)O)C(=O)c1ccccc1O. The van der Waals surface area contributed by atoms with E-state index >= 15 is 0 Å². The highest BCUT2D eigenvalue weighted by molar-refractivity contribution is 5.97. The number of amides is 1. The second kappa shape index (κ2) is 5.73. The van der Waals surface area contributed by atoms with E-state index in [9.17, 15) is 14.7 Å². The molecular weight excluding hydrogens is 246 g/mol. The minimum Gasteiger partial charge on any atom is -0.507 e. The van der Waals surface area contributed by atoms with Crippen LogP contribution in [0.15, 0.2) is 24.3 Å². The van der Waals surface area contributed by atoms with Crippen molar-refractivity contribution < 1.29 is 19.8 Å². The molecule has 0 heterocycles. The van der Waals surface area contributed by atoms with Crippen molar-refractivity contribution in [2.75, 3.05) is 6.54 Å². The van der Waals surface area contributed by atoms with Crippen LogP contribution in [0.3, 0.4) is 0 Å². The van der Waals surface area contributed by atoms with Crippen molar-refractivity contribution in [3.63, 3.8) is 0 Å². The largest absolute Gasteiger partial charge is 0.507 e. The number of aromatic hydroxyl groups is 1. The molecule has 0 spiro atoms. The number of para-hydroxylation sites is 1. The smallest absolute Gasteiger partial charge is 0.305 e. The monoisotopic (exact) mass is 265 g/mol. The van der Waals surface area contributed by atoms with Crippen LogP contribution in [0.2, 0.25) is 0 Å². The highest BCUT2D eigenvalue weighted by Crippen LogP contribution is 2.23. The van der Waals surface area contributed by atoms with Gasteiger partial charge in [-0.1, -0.05) is 12.1 Å². The first-order valence-corrected chi connectivity index (χ1v) is 6.05. The van der Waals surface area contributed by atoms with Gasteiger partial charge in [-0.3, -0.25) is 9.59 Å². The van der Waals surface area contributed by atoms with E-state index in [0.717, 1.165) is 0 Å². The average molecular weight is 265 g/mol. The molecule has 5 heteroatoms. The van der Waals surface area contributed by atoms with Crippen LogP contribution in [0, 0.1) is 0 Å². The van der Waals surface area contributed by atoms with E-state index in [4.69, 9.17) is 5.11 Å². The maximum Gasteiger partial charge on any atom is 0.305 e. The number of carboxylic acids is 1. The summed E-state index contributed by atoms with van der Waals surface area (Å²) in [6.45, 7) is 5.58. The quantitative estimate of drug-likeness (QED) is 0.874. The molecule has 1 aromatic carbocycles. The second-order valence-corrected chi connectivity index (χ2v) is 5.29. The zero-order valence-electron chi connectivity index (χ0n) is 11.4. The first kappa shape index (κ1) is 15.0. The molecule has 2 N–H and O–H groups in total. The normalized spacial score (nSPS) is 11.1. The molecule has 5 nitrogen and oxygen atoms in total. The summed E-state index contributed by atoms with van der Waals surface area (Å²) in [4.78, 5) is 24.5. The van der Waals surface area contributed by atoms with Crippen molar-refractivity contribution in [2.45, 2.75) is 32.7 Å². The fraction of sp³-hybridized carbons (Fsp3) is 0.429. The Morgan fingerprint density at radius 1 is 1.21 bits per heavy atom. The second-order valence-electron chi connectivity index (χ2n) is 5.29. The number of hydrogen-bond donors (Lipinski definition) is 2. The predicted octanol–water partition coefficient (Wildman–Crippen LogP) is 2.11. The molecule has 19 heavy (non-hydrogen) atoms. The number of hydrogen-bond acceptors (Lipinski definition) is 3. The van der Waals surface area contributed by atoms with Gasteiger partial charge in [0.25, 0.3) is 5.91 Å². The summed E-state index contributed by atoms with van der Waals surface area (Å²) in [5.41, 5.74) is -0.336. The minimum atomic E-state index is -0.959. The van der Waals surface area contributed by atoms with Crippen molar-refractivity contribution in [2.24, 2.45) is 0 Å². The number of phenolic OH excluding ortho intramolecular Hbond substituents is 1. The minimum absolute atomic E-state index is 0.0999. The number of phenols is 1. The molecule has 0 saturated heterocycles. The topological polar surface area (TPSA) is 77.8 Å². The molecule has 1 aromatic rings. The molecule has 0 bridgehead atoms. The Balaban J connectivity index is 3.02. The van der Waals surface area contributed by atoms with Gasteiger partial charge >= 0.3 is 5.97 Å². The Morgan fingerprint density at radius 2 is 1.79 bits per heavy atom. The highest BCUT2D eigenvalue weighted by atomic mass is 16.4. The van der Waals surface area contributed by atoms with Crippen LogP contribution in [0.4, 0.5) is 0 Å². The van der Waals surface area contributed by atoms with Crippen LogP contribution in [0.1, 0.15) is 37.6 Å². The number of aliphatic carboxylic acids is 1. The van der Waals surface area contributed by atoms with Gasteiger partial charge in [0.1, 0.15) is 5.75 Å². The third-order valence-electron chi connectivity index (χ3n) is 2.74. The van der Waals surface area contributed by atoms with Gasteiger partial charge in [0, 0.05) is 12.1 Å². The van der Waals surface area contributed by atoms with Gasteiger partial charge in [0.05, 0.1) is 12.0 Å². The van der Waals surface area contributed by atoms with Crippen LogP contribution in [0.25, 0.3) is 0 Å². The first-order valence-electron chi connectivity index (χ1n) is 6.05. The maximum atomic E-state index is 12.4. The van der Waals surface area contributed by atoms with E-state index in [1.807, 2.05) is 20.8 Å². The Bertz CT molecular complexity index is 477. The predicted molar refractivity (Wildman–Crippen MR) is 71.1 cm³/mol. The van der Waals surface area contributed by atoms with Crippen LogP contribution in [-0.4, -0.2) is 39.1 Å². The Hall–Kier alpha value is -2.04. The summed E-state index contributed by atoms with van der Waals surface area (Å²) in [7, 11) is 0. The molecule has 0 aliphatic carbocycles. The number of carboxylic acid groups (broad SMARTS) is 1. The van der Waals surface area contributed by atoms with E-state index in [1.54, 1.807) is 12.1 Å².